The third kappa shape index (κ3) is 1.87. The van der Waals surface area contributed by atoms with Gasteiger partial charge in [-0.1, -0.05) is 38.1 Å². The maximum Gasteiger partial charge on any atom is 0.0734 e. The van der Waals surface area contributed by atoms with Crippen LogP contribution in [0.25, 0.3) is 10.9 Å². The zero-order valence-corrected chi connectivity index (χ0v) is 9.62. The van der Waals surface area contributed by atoms with Gasteiger partial charge in [-0.3, -0.25) is 4.98 Å². The summed E-state index contributed by atoms with van der Waals surface area (Å²) < 4.78 is 0. The fourth-order valence-corrected chi connectivity index (χ4v) is 1.79. The van der Waals surface area contributed by atoms with Gasteiger partial charge in [-0.2, -0.15) is 0 Å². The summed E-state index contributed by atoms with van der Waals surface area (Å²) in [5.41, 5.74) is 3.62. The van der Waals surface area contributed by atoms with E-state index in [-0.39, 0.29) is 0 Å². The summed E-state index contributed by atoms with van der Waals surface area (Å²) in [4.78, 5) is 4.75. The van der Waals surface area contributed by atoms with Crippen molar-refractivity contribution < 1.29 is 0 Å². The number of benzene rings is 1. The van der Waals surface area contributed by atoms with Crippen LogP contribution in [-0.4, -0.2) is 4.98 Å². The zero-order valence-electron chi connectivity index (χ0n) is 9.62. The molecule has 1 nitrogen and oxygen atoms in total. The van der Waals surface area contributed by atoms with E-state index in [1.165, 1.54) is 16.6 Å². The fraction of sp³-hybridized carbons (Fsp3) is 0.357. The van der Waals surface area contributed by atoms with Crippen LogP contribution in [0.2, 0.25) is 0 Å². The summed E-state index contributed by atoms with van der Waals surface area (Å²) in [6.45, 7) is 6.55. The predicted octanol–water partition coefficient (Wildman–Crippen LogP) is 4.06. The highest BCUT2D eigenvalue weighted by Crippen LogP contribution is 2.21. The second-order valence-corrected chi connectivity index (χ2v) is 4.19. The van der Waals surface area contributed by atoms with Crippen molar-refractivity contribution in [3.05, 3.63) is 41.6 Å². The van der Waals surface area contributed by atoms with Crippen LogP contribution in [0.15, 0.2) is 30.3 Å². The second kappa shape index (κ2) is 4.01. The molecule has 0 aliphatic carbocycles. The van der Waals surface area contributed by atoms with Crippen molar-refractivity contribution in [2.45, 2.75) is 33.1 Å². The first-order valence-corrected chi connectivity index (χ1v) is 5.58. The van der Waals surface area contributed by atoms with E-state index in [1.54, 1.807) is 0 Å². The minimum atomic E-state index is 0.550. The van der Waals surface area contributed by atoms with Crippen molar-refractivity contribution in [2.24, 2.45) is 0 Å². The molecule has 0 aliphatic rings. The van der Waals surface area contributed by atoms with E-state index in [4.69, 9.17) is 4.98 Å². The molecule has 0 bridgehead atoms. The Morgan fingerprint density at radius 2 is 2.00 bits per heavy atom. The van der Waals surface area contributed by atoms with E-state index < -0.39 is 0 Å². The number of hydrogen-bond acceptors (Lipinski definition) is 1. The molecule has 1 atom stereocenters. The highest BCUT2D eigenvalue weighted by Gasteiger charge is 2.06. The molecule has 1 aromatic carbocycles. The average Bonchev–Trinajstić information content (AvgIpc) is 2.28. The van der Waals surface area contributed by atoms with Gasteiger partial charge in [-0.25, -0.2) is 0 Å². The molecular weight excluding hydrogens is 182 g/mol. The first kappa shape index (κ1) is 10.2. The van der Waals surface area contributed by atoms with Gasteiger partial charge in [-0.05, 0) is 30.9 Å². The molecule has 0 saturated heterocycles. The SMILES string of the molecule is CCC(C)c1ccc2cccc(C)c2n1. The lowest BCUT2D eigenvalue weighted by atomic mass is 10.0. The van der Waals surface area contributed by atoms with Crippen LogP contribution < -0.4 is 0 Å². The standard InChI is InChI=1S/C14H17N/c1-4-10(2)13-9-8-12-7-5-6-11(3)14(12)15-13/h5-10H,4H2,1-3H3. The Morgan fingerprint density at radius 1 is 1.20 bits per heavy atom. The first-order chi connectivity index (χ1) is 7.22. The lowest BCUT2D eigenvalue weighted by Gasteiger charge is -2.09. The van der Waals surface area contributed by atoms with Gasteiger partial charge in [-0.15, -0.1) is 0 Å². The van der Waals surface area contributed by atoms with Crippen molar-refractivity contribution >= 4 is 10.9 Å². The van der Waals surface area contributed by atoms with Crippen LogP contribution in [0.1, 0.15) is 37.4 Å². The van der Waals surface area contributed by atoms with Gasteiger partial charge >= 0.3 is 0 Å². The topological polar surface area (TPSA) is 12.9 Å². The number of aryl methyl sites for hydroxylation is 1. The third-order valence-electron chi connectivity index (χ3n) is 3.06. The number of aromatic nitrogens is 1. The summed E-state index contributed by atoms with van der Waals surface area (Å²) in [5, 5.41) is 1.24. The first-order valence-electron chi connectivity index (χ1n) is 5.58. The van der Waals surface area contributed by atoms with Gasteiger partial charge in [0, 0.05) is 11.1 Å². The van der Waals surface area contributed by atoms with E-state index in [1.807, 2.05) is 0 Å². The summed E-state index contributed by atoms with van der Waals surface area (Å²) >= 11 is 0. The second-order valence-electron chi connectivity index (χ2n) is 4.19. The number of nitrogens with zero attached hydrogens (tertiary/aromatic N) is 1. The van der Waals surface area contributed by atoms with Crippen LogP contribution in [0.4, 0.5) is 0 Å². The van der Waals surface area contributed by atoms with E-state index in [0.29, 0.717) is 5.92 Å². The smallest absolute Gasteiger partial charge is 0.0734 e. The molecule has 0 fully saturated rings. The Morgan fingerprint density at radius 3 is 2.73 bits per heavy atom. The average molecular weight is 199 g/mol. The van der Waals surface area contributed by atoms with E-state index in [2.05, 4.69) is 51.1 Å². The van der Waals surface area contributed by atoms with E-state index >= 15 is 0 Å². The monoisotopic (exact) mass is 199 g/mol. The Balaban J connectivity index is 2.59. The molecule has 1 unspecified atom stereocenters. The number of para-hydroxylation sites is 1. The van der Waals surface area contributed by atoms with E-state index in [9.17, 15) is 0 Å². The molecule has 0 spiro atoms. The van der Waals surface area contributed by atoms with Crippen molar-refractivity contribution in [3.8, 4) is 0 Å². The number of hydrogen-bond donors (Lipinski definition) is 0. The van der Waals surface area contributed by atoms with Crippen molar-refractivity contribution in [3.63, 3.8) is 0 Å². The molecule has 2 aromatic rings. The largest absolute Gasteiger partial charge is 0.252 e. The number of pyridine rings is 1. The molecule has 2 rings (SSSR count). The normalized spacial score (nSPS) is 13.0. The van der Waals surface area contributed by atoms with Crippen molar-refractivity contribution in [1.29, 1.82) is 0 Å². The molecule has 1 aromatic heterocycles. The third-order valence-corrected chi connectivity index (χ3v) is 3.06. The molecule has 15 heavy (non-hydrogen) atoms. The minimum absolute atomic E-state index is 0.550. The maximum atomic E-state index is 4.75. The van der Waals surface area contributed by atoms with Gasteiger partial charge in [0.05, 0.1) is 5.52 Å². The van der Waals surface area contributed by atoms with Crippen LogP contribution in [-0.2, 0) is 0 Å². The Hall–Kier alpha value is -1.37. The summed E-state index contributed by atoms with van der Waals surface area (Å²) in [7, 11) is 0. The van der Waals surface area contributed by atoms with E-state index in [0.717, 1.165) is 11.9 Å². The molecular formula is C14H17N. The lowest BCUT2D eigenvalue weighted by molar-refractivity contribution is 0.711. The quantitative estimate of drug-likeness (QED) is 0.710. The molecule has 0 radical (unpaired) electrons. The summed E-state index contributed by atoms with van der Waals surface area (Å²) in [5.74, 6) is 0.550. The van der Waals surface area contributed by atoms with Crippen LogP contribution in [0.3, 0.4) is 0 Å². The fourth-order valence-electron chi connectivity index (χ4n) is 1.79. The van der Waals surface area contributed by atoms with Gasteiger partial charge in [0.2, 0.25) is 0 Å². The highest BCUT2D eigenvalue weighted by molar-refractivity contribution is 5.81. The van der Waals surface area contributed by atoms with Crippen LogP contribution >= 0.6 is 0 Å². The lowest BCUT2D eigenvalue weighted by Crippen LogP contribution is -1.96. The number of fused-ring (bicyclic) bond motifs is 1. The maximum absolute atomic E-state index is 4.75. The molecule has 1 heteroatoms. The molecule has 1 heterocycles. The highest BCUT2D eigenvalue weighted by atomic mass is 14.7. The zero-order chi connectivity index (χ0) is 10.8. The van der Waals surface area contributed by atoms with Gasteiger partial charge in [0.25, 0.3) is 0 Å². The van der Waals surface area contributed by atoms with Crippen molar-refractivity contribution in [2.75, 3.05) is 0 Å². The summed E-state index contributed by atoms with van der Waals surface area (Å²) in [6, 6.07) is 10.7. The molecule has 0 saturated carbocycles. The molecule has 78 valence electrons. The minimum Gasteiger partial charge on any atom is -0.252 e. The van der Waals surface area contributed by atoms with Gasteiger partial charge < -0.3 is 0 Å². The molecule has 0 aliphatic heterocycles. The van der Waals surface area contributed by atoms with Crippen LogP contribution in [0.5, 0.6) is 0 Å². The molecule has 0 N–H and O–H groups in total. The Kier molecular flexibility index (Phi) is 2.72. The Bertz CT molecular complexity index is 474. The predicted molar refractivity (Wildman–Crippen MR) is 65.2 cm³/mol. The van der Waals surface area contributed by atoms with Crippen LogP contribution in [0, 0.1) is 6.92 Å². The summed E-state index contributed by atoms with van der Waals surface area (Å²) in [6.07, 6.45) is 1.14. The molecule has 0 amide bonds. The van der Waals surface area contributed by atoms with Gasteiger partial charge in [0.1, 0.15) is 0 Å². The Labute approximate surface area is 91.2 Å². The van der Waals surface area contributed by atoms with Gasteiger partial charge in [0.15, 0.2) is 0 Å². The number of rotatable bonds is 2. The van der Waals surface area contributed by atoms with Crippen molar-refractivity contribution in [1.82, 2.24) is 4.98 Å².